The smallest absolute Gasteiger partial charge is 0.119 e. The molecule has 1 aliphatic heterocycles. The first-order chi connectivity index (χ1) is 18.8. The van der Waals surface area contributed by atoms with E-state index >= 15 is 0 Å². The highest BCUT2D eigenvalue weighted by Gasteiger charge is 2.40. The second-order valence-corrected chi connectivity index (χ2v) is 11.3. The van der Waals surface area contributed by atoms with Gasteiger partial charge in [0.05, 0.1) is 12.1 Å². The van der Waals surface area contributed by atoms with E-state index < -0.39 is 0 Å². The van der Waals surface area contributed by atoms with Gasteiger partial charge in [-0.25, -0.2) is 0 Å². The Morgan fingerprint density at radius 3 is 2.55 bits per heavy atom. The first-order valence-electron chi connectivity index (χ1n) is 14.4. The summed E-state index contributed by atoms with van der Waals surface area (Å²) < 4.78 is 6.53. The van der Waals surface area contributed by atoms with E-state index in [-0.39, 0.29) is 5.92 Å². The van der Waals surface area contributed by atoms with Crippen LogP contribution in [-0.2, 0) is 6.42 Å². The van der Waals surface area contributed by atoms with Gasteiger partial charge in [0.2, 0.25) is 0 Å². The van der Waals surface area contributed by atoms with Crippen molar-refractivity contribution in [2.45, 2.75) is 62.4 Å². The molecule has 1 aromatic carbocycles. The first kappa shape index (κ1) is 22.2. The van der Waals surface area contributed by atoms with Crippen molar-refractivity contribution in [3.63, 3.8) is 0 Å². The molecule has 0 spiro atoms. The van der Waals surface area contributed by atoms with E-state index in [2.05, 4.69) is 108 Å². The van der Waals surface area contributed by atoms with E-state index in [1.54, 1.807) is 0 Å². The van der Waals surface area contributed by atoms with Gasteiger partial charge in [0.25, 0.3) is 0 Å². The molecule has 4 atom stereocenters. The molecule has 5 aliphatic carbocycles. The van der Waals surface area contributed by atoms with Crippen LogP contribution in [0.4, 0.5) is 5.69 Å². The molecular weight excluding hydrogens is 462 g/mol. The highest BCUT2D eigenvalue weighted by atomic mass is 16.3. The Morgan fingerprint density at radius 2 is 1.66 bits per heavy atom. The summed E-state index contributed by atoms with van der Waals surface area (Å²) in [7, 11) is 0. The molecule has 0 fully saturated rings. The minimum Gasteiger partial charge on any atom is -0.464 e. The zero-order chi connectivity index (χ0) is 25.1. The molecule has 188 valence electrons. The third-order valence-electron chi connectivity index (χ3n) is 9.17. The Bertz CT molecular complexity index is 1550. The fourth-order valence-corrected chi connectivity index (χ4v) is 7.31. The summed E-state index contributed by atoms with van der Waals surface area (Å²) in [4.78, 5) is 2.67. The molecule has 0 saturated carbocycles. The minimum atomic E-state index is 0.284. The van der Waals surface area contributed by atoms with Gasteiger partial charge in [0.1, 0.15) is 11.5 Å². The van der Waals surface area contributed by atoms with Crippen LogP contribution < -0.4 is 4.90 Å². The molecule has 8 rings (SSSR count). The van der Waals surface area contributed by atoms with Gasteiger partial charge >= 0.3 is 0 Å². The maximum Gasteiger partial charge on any atom is 0.119 e. The molecular formula is C36H33NO. The average molecular weight is 496 g/mol. The summed E-state index contributed by atoms with van der Waals surface area (Å²) in [5.41, 5.74) is 9.58. The Morgan fingerprint density at radius 1 is 0.763 bits per heavy atom. The van der Waals surface area contributed by atoms with Gasteiger partial charge in [-0.15, -0.1) is 0 Å². The van der Waals surface area contributed by atoms with Crippen LogP contribution in [0.1, 0.15) is 77.7 Å². The van der Waals surface area contributed by atoms with Crippen LogP contribution >= 0.6 is 0 Å². The third kappa shape index (κ3) is 3.46. The second-order valence-electron chi connectivity index (χ2n) is 11.3. The Kier molecular flexibility index (Phi) is 5.21. The zero-order valence-electron chi connectivity index (χ0n) is 21.7. The molecule has 38 heavy (non-hydrogen) atoms. The van der Waals surface area contributed by atoms with Crippen LogP contribution in [-0.4, -0.2) is 12.1 Å². The number of allylic oxidation sites excluding steroid dienone is 10. The summed E-state index contributed by atoms with van der Waals surface area (Å²) in [6.45, 7) is 0. The molecule has 0 amide bonds. The van der Waals surface area contributed by atoms with Crippen molar-refractivity contribution in [2.75, 3.05) is 4.90 Å². The number of fused-ring (bicyclic) bond motifs is 6. The number of benzene rings is 1. The molecule has 1 aromatic heterocycles. The normalized spacial score (nSPS) is 28.1. The molecule has 0 N–H and O–H groups in total. The summed E-state index contributed by atoms with van der Waals surface area (Å²) in [5.74, 6) is 3.00. The summed E-state index contributed by atoms with van der Waals surface area (Å²) in [5, 5.41) is 0. The fraction of sp³-hybridized carbons (Fsp3) is 0.278. The number of hydrogen-bond acceptors (Lipinski definition) is 2. The van der Waals surface area contributed by atoms with Crippen molar-refractivity contribution < 1.29 is 4.42 Å². The third-order valence-corrected chi connectivity index (χ3v) is 9.17. The largest absolute Gasteiger partial charge is 0.464 e. The zero-order valence-corrected chi connectivity index (χ0v) is 21.7. The van der Waals surface area contributed by atoms with Crippen molar-refractivity contribution in [1.82, 2.24) is 0 Å². The van der Waals surface area contributed by atoms with Gasteiger partial charge < -0.3 is 9.32 Å². The molecule has 0 radical (unpaired) electrons. The fourth-order valence-electron chi connectivity index (χ4n) is 7.31. The quantitative estimate of drug-likeness (QED) is 0.423. The van der Waals surface area contributed by atoms with Crippen molar-refractivity contribution in [3.05, 3.63) is 136 Å². The van der Waals surface area contributed by atoms with Gasteiger partial charge in [-0.3, -0.25) is 0 Å². The Balaban J connectivity index is 1.13. The van der Waals surface area contributed by atoms with Crippen molar-refractivity contribution in [3.8, 4) is 0 Å². The van der Waals surface area contributed by atoms with Crippen LogP contribution in [0.2, 0.25) is 0 Å². The molecule has 2 aromatic rings. The van der Waals surface area contributed by atoms with E-state index in [4.69, 9.17) is 4.42 Å². The summed E-state index contributed by atoms with van der Waals surface area (Å²) in [6.07, 6.45) is 39.1. The standard InChI is InChI=1S/C36H33NO/c1-2-9-24(10-3-1)25-17-20-27(21-18-25)37-33-15-6-4-11-29(33)32-23-26(19-22-34(32)37)28-13-8-14-31-30-12-5-7-16-35(30)38-36(28)31/h2,4-6,8-12,14-15,17-20,22-23,27-29,33H,1,3,7,13,16,21H2. The Labute approximate surface area is 225 Å². The van der Waals surface area contributed by atoms with Crippen molar-refractivity contribution in [2.24, 2.45) is 0 Å². The SMILES string of the molecule is C1=CC2c3cc(C4CC=Cc5c4oc4c5C=CCC4)ccc3N(C3C=CC(C4=CCCC=C4)=CC3)C2C=C1. The van der Waals surface area contributed by atoms with E-state index in [9.17, 15) is 0 Å². The molecule has 2 nitrogen and oxygen atoms in total. The molecule has 4 unspecified atom stereocenters. The molecule has 0 saturated heterocycles. The number of furan rings is 1. The number of nitrogens with zero attached hydrogens (tertiary/aromatic N) is 1. The number of anilines is 1. The van der Waals surface area contributed by atoms with Gasteiger partial charge in [0, 0.05) is 35.1 Å². The van der Waals surface area contributed by atoms with Gasteiger partial charge in [0.15, 0.2) is 0 Å². The molecule has 2 heterocycles. The lowest BCUT2D eigenvalue weighted by Gasteiger charge is -2.35. The predicted octanol–water partition coefficient (Wildman–Crippen LogP) is 8.72. The highest BCUT2D eigenvalue weighted by molar-refractivity contribution is 5.73. The summed E-state index contributed by atoms with van der Waals surface area (Å²) in [6, 6.07) is 7.99. The van der Waals surface area contributed by atoms with E-state index in [0.29, 0.717) is 18.0 Å². The minimum absolute atomic E-state index is 0.284. The lowest BCUT2D eigenvalue weighted by molar-refractivity contribution is 0.444. The van der Waals surface area contributed by atoms with Gasteiger partial charge in [-0.1, -0.05) is 97.2 Å². The first-order valence-corrected chi connectivity index (χ1v) is 14.4. The topological polar surface area (TPSA) is 16.4 Å². The lowest BCUT2D eigenvalue weighted by Crippen LogP contribution is -2.40. The average Bonchev–Trinajstić information content (AvgIpc) is 3.53. The van der Waals surface area contributed by atoms with Gasteiger partial charge in [-0.05, 0) is 60.4 Å². The number of aryl methyl sites for hydroxylation is 1. The number of hydrogen-bond donors (Lipinski definition) is 0. The van der Waals surface area contributed by atoms with Crippen molar-refractivity contribution >= 4 is 17.8 Å². The van der Waals surface area contributed by atoms with Crippen LogP contribution in [0, 0.1) is 0 Å². The van der Waals surface area contributed by atoms with E-state index in [1.807, 2.05) is 0 Å². The molecule has 2 heteroatoms. The maximum atomic E-state index is 6.53. The van der Waals surface area contributed by atoms with Crippen LogP contribution in [0.25, 0.3) is 12.2 Å². The molecule has 0 bridgehead atoms. The van der Waals surface area contributed by atoms with Crippen LogP contribution in [0.15, 0.2) is 107 Å². The van der Waals surface area contributed by atoms with Crippen LogP contribution in [0.3, 0.4) is 0 Å². The second kappa shape index (κ2) is 8.91. The predicted molar refractivity (Wildman–Crippen MR) is 157 cm³/mol. The maximum absolute atomic E-state index is 6.53. The van der Waals surface area contributed by atoms with E-state index in [1.165, 1.54) is 39.1 Å². The highest BCUT2D eigenvalue weighted by Crippen LogP contribution is 2.49. The monoisotopic (exact) mass is 495 g/mol. The number of rotatable bonds is 3. The van der Waals surface area contributed by atoms with E-state index in [0.717, 1.165) is 50.0 Å². The lowest BCUT2D eigenvalue weighted by atomic mass is 9.83. The van der Waals surface area contributed by atoms with Gasteiger partial charge in [-0.2, -0.15) is 0 Å². The Hall–Kier alpha value is -3.78. The summed E-state index contributed by atoms with van der Waals surface area (Å²) >= 11 is 0. The van der Waals surface area contributed by atoms with Crippen molar-refractivity contribution in [1.29, 1.82) is 0 Å². The molecule has 6 aliphatic rings. The van der Waals surface area contributed by atoms with Crippen LogP contribution in [0.5, 0.6) is 0 Å².